The summed E-state index contributed by atoms with van der Waals surface area (Å²) < 4.78 is 13.5. The Labute approximate surface area is 176 Å². The molecule has 0 saturated carbocycles. The van der Waals surface area contributed by atoms with Gasteiger partial charge in [0.25, 0.3) is 5.91 Å². The van der Waals surface area contributed by atoms with Gasteiger partial charge in [-0.3, -0.25) is 4.79 Å². The standard InChI is InChI=1S/C22H29FN4OS/c1-5-24-22(26-14-18-10-11-20(23)12-19(18)15-29-4)25-13-16-6-8-17(9-7-16)21(28)27(2)3/h6-12H,5,13-15H2,1-4H3,(H2,24,25,26). The fourth-order valence-electron chi connectivity index (χ4n) is 2.76. The lowest BCUT2D eigenvalue weighted by atomic mass is 10.1. The van der Waals surface area contributed by atoms with Crippen LogP contribution in [-0.4, -0.2) is 43.7 Å². The average molecular weight is 417 g/mol. The highest BCUT2D eigenvalue weighted by Crippen LogP contribution is 2.16. The normalized spacial score (nSPS) is 11.3. The summed E-state index contributed by atoms with van der Waals surface area (Å²) in [4.78, 5) is 18.2. The predicted molar refractivity (Wildman–Crippen MR) is 120 cm³/mol. The Morgan fingerprint density at radius 3 is 2.45 bits per heavy atom. The Balaban J connectivity index is 2.04. The van der Waals surface area contributed by atoms with Gasteiger partial charge in [-0.25, -0.2) is 9.38 Å². The largest absolute Gasteiger partial charge is 0.357 e. The van der Waals surface area contributed by atoms with E-state index in [4.69, 9.17) is 0 Å². The number of hydrogen-bond donors (Lipinski definition) is 2. The average Bonchev–Trinajstić information content (AvgIpc) is 2.71. The van der Waals surface area contributed by atoms with E-state index in [-0.39, 0.29) is 11.7 Å². The van der Waals surface area contributed by atoms with Crippen molar-refractivity contribution < 1.29 is 9.18 Å². The Hall–Kier alpha value is -2.54. The van der Waals surface area contributed by atoms with Crippen LogP contribution in [0.3, 0.4) is 0 Å². The molecular formula is C22H29FN4OS. The third-order valence-electron chi connectivity index (χ3n) is 4.29. The summed E-state index contributed by atoms with van der Waals surface area (Å²) >= 11 is 1.67. The molecule has 0 aliphatic carbocycles. The molecule has 156 valence electrons. The minimum Gasteiger partial charge on any atom is -0.357 e. The summed E-state index contributed by atoms with van der Waals surface area (Å²) in [6.07, 6.45) is 2.00. The van der Waals surface area contributed by atoms with E-state index < -0.39 is 0 Å². The topological polar surface area (TPSA) is 56.7 Å². The number of carbonyl (C=O) groups is 1. The molecule has 5 nitrogen and oxygen atoms in total. The number of amides is 1. The van der Waals surface area contributed by atoms with Gasteiger partial charge in [-0.2, -0.15) is 11.8 Å². The van der Waals surface area contributed by atoms with Gasteiger partial charge in [0.2, 0.25) is 0 Å². The molecule has 0 aliphatic rings. The van der Waals surface area contributed by atoms with Crippen molar-refractivity contribution in [3.05, 3.63) is 70.5 Å². The number of guanidine groups is 1. The van der Waals surface area contributed by atoms with Crippen LogP contribution in [0.15, 0.2) is 47.5 Å². The first-order valence-corrected chi connectivity index (χ1v) is 10.9. The van der Waals surface area contributed by atoms with Crippen LogP contribution in [0.25, 0.3) is 0 Å². The second-order valence-corrected chi connectivity index (χ2v) is 7.66. The van der Waals surface area contributed by atoms with Gasteiger partial charge >= 0.3 is 0 Å². The fraction of sp³-hybridized carbons (Fsp3) is 0.364. The highest BCUT2D eigenvalue weighted by molar-refractivity contribution is 7.97. The van der Waals surface area contributed by atoms with Gasteiger partial charge in [-0.1, -0.05) is 18.2 Å². The molecule has 0 saturated heterocycles. The number of aliphatic imine (C=N–C) groups is 1. The van der Waals surface area contributed by atoms with E-state index in [1.54, 1.807) is 36.8 Å². The van der Waals surface area contributed by atoms with Crippen molar-refractivity contribution in [1.29, 1.82) is 0 Å². The van der Waals surface area contributed by atoms with E-state index in [1.165, 1.54) is 6.07 Å². The molecule has 0 spiro atoms. The molecule has 0 unspecified atom stereocenters. The summed E-state index contributed by atoms with van der Waals surface area (Å²) in [6.45, 7) is 3.81. The van der Waals surface area contributed by atoms with Crippen LogP contribution in [0.4, 0.5) is 4.39 Å². The SMILES string of the molecule is CCNC(=NCc1ccc(C(=O)N(C)C)cc1)NCc1ccc(F)cc1CSC. The number of thioether (sulfide) groups is 1. The van der Waals surface area contributed by atoms with Gasteiger partial charge in [-0.05, 0) is 54.1 Å². The summed E-state index contributed by atoms with van der Waals surface area (Å²) in [5.74, 6) is 1.23. The minimum absolute atomic E-state index is 0.0181. The van der Waals surface area contributed by atoms with Gasteiger partial charge in [0.15, 0.2) is 5.96 Å². The van der Waals surface area contributed by atoms with Crippen molar-refractivity contribution in [2.24, 2.45) is 4.99 Å². The van der Waals surface area contributed by atoms with Crippen molar-refractivity contribution in [3.8, 4) is 0 Å². The van der Waals surface area contributed by atoms with E-state index in [0.29, 0.717) is 24.6 Å². The molecule has 0 aliphatic heterocycles. The van der Waals surface area contributed by atoms with Crippen LogP contribution in [0.2, 0.25) is 0 Å². The van der Waals surface area contributed by atoms with Gasteiger partial charge in [0.1, 0.15) is 5.82 Å². The molecule has 0 heterocycles. The number of hydrogen-bond acceptors (Lipinski definition) is 3. The zero-order chi connectivity index (χ0) is 21.2. The summed E-state index contributed by atoms with van der Waals surface area (Å²) in [7, 11) is 3.47. The first-order valence-electron chi connectivity index (χ1n) is 9.53. The van der Waals surface area contributed by atoms with E-state index in [2.05, 4.69) is 15.6 Å². The van der Waals surface area contributed by atoms with Crippen molar-refractivity contribution in [2.45, 2.75) is 25.8 Å². The van der Waals surface area contributed by atoms with Gasteiger partial charge in [0.05, 0.1) is 6.54 Å². The predicted octanol–water partition coefficient (Wildman–Crippen LogP) is 3.65. The molecule has 29 heavy (non-hydrogen) atoms. The second kappa shape index (κ2) is 11.5. The zero-order valence-corrected chi connectivity index (χ0v) is 18.3. The smallest absolute Gasteiger partial charge is 0.253 e. The first-order chi connectivity index (χ1) is 13.9. The number of benzene rings is 2. The third-order valence-corrected chi connectivity index (χ3v) is 4.89. The first kappa shape index (κ1) is 22.7. The van der Waals surface area contributed by atoms with Crippen molar-refractivity contribution >= 4 is 23.6 Å². The molecule has 7 heteroatoms. The van der Waals surface area contributed by atoms with Crippen LogP contribution in [0, 0.1) is 5.82 Å². The second-order valence-electron chi connectivity index (χ2n) is 6.79. The minimum atomic E-state index is -0.213. The van der Waals surface area contributed by atoms with E-state index in [1.807, 2.05) is 43.5 Å². The number of nitrogens with one attached hydrogen (secondary N) is 2. The van der Waals surface area contributed by atoms with Crippen molar-refractivity contribution in [2.75, 3.05) is 26.9 Å². The quantitative estimate of drug-likeness (QED) is 0.510. The number of rotatable bonds is 8. The third kappa shape index (κ3) is 7.09. The molecule has 0 bridgehead atoms. The summed E-state index contributed by atoms with van der Waals surface area (Å²) in [5.41, 5.74) is 3.72. The molecule has 2 aromatic rings. The fourth-order valence-corrected chi connectivity index (χ4v) is 3.34. The zero-order valence-electron chi connectivity index (χ0n) is 17.5. The van der Waals surface area contributed by atoms with Crippen LogP contribution < -0.4 is 10.6 Å². The van der Waals surface area contributed by atoms with Crippen LogP contribution >= 0.6 is 11.8 Å². The van der Waals surface area contributed by atoms with Gasteiger partial charge in [-0.15, -0.1) is 0 Å². The maximum Gasteiger partial charge on any atom is 0.253 e. The molecule has 0 radical (unpaired) electrons. The molecule has 2 N–H and O–H groups in total. The van der Waals surface area contributed by atoms with E-state index in [9.17, 15) is 9.18 Å². The van der Waals surface area contributed by atoms with Crippen LogP contribution in [-0.2, 0) is 18.8 Å². The molecule has 0 atom stereocenters. The number of nitrogens with zero attached hydrogens (tertiary/aromatic N) is 2. The Morgan fingerprint density at radius 1 is 1.10 bits per heavy atom. The van der Waals surface area contributed by atoms with Crippen LogP contribution in [0.1, 0.15) is 34.0 Å². The van der Waals surface area contributed by atoms with Gasteiger partial charge in [0, 0.05) is 38.5 Å². The maximum atomic E-state index is 13.5. The summed E-state index contributed by atoms with van der Waals surface area (Å²) in [5, 5.41) is 6.55. The van der Waals surface area contributed by atoms with Crippen molar-refractivity contribution in [1.82, 2.24) is 15.5 Å². The monoisotopic (exact) mass is 416 g/mol. The van der Waals surface area contributed by atoms with E-state index in [0.717, 1.165) is 29.0 Å². The highest BCUT2D eigenvalue weighted by atomic mass is 32.2. The molecule has 2 aromatic carbocycles. The molecule has 0 aromatic heterocycles. The molecule has 1 amide bonds. The number of carbonyl (C=O) groups excluding carboxylic acids is 1. The Morgan fingerprint density at radius 2 is 1.83 bits per heavy atom. The Kier molecular flexibility index (Phi) is 8.99. The van der Waals surface area contributed by atoms with Gasteiger partial charge < -0.3 is 15.5 Å². The molecular weight excluding hydrogens is 387 g/mol. The number of halogens is 1. The molecule has 0 fully saturated rings. The van der Waals surface area contributed by atoms with Crippen molar-refractivity contribution in [3.63, 3.8) is 0 Å². The van der Waals surface area contributed by atoms with Crippen LogP contribution in [0.5, 0.6) is 0 Å². The lowest BCUT2D eigenvalue weighted by Gasteiger charge is -2.14. The highest BCUT2D eigenvalue weighted by Gasteiger charge is 2.08. The lowest BCUT2D eigenvalue weighted by Crippen LogP contribution is -2.37. The van der Waals surface area contributed by atoms with E-state index >= 15 is 0 Å². The molecule has 2 rings (SSSR count). The lowest BCUT2D eigenvalue weighted by molar-refractivity contribution is 0.0827. The maximum absolute atomic E-state index is 13.5. The Bertz CT molecular complexity index is 837. The summed E-state index contributed by atoms with van der Waals surface area (Å²) in [6, 6.07) is 12.4.